The van der Waals surface area contributed by atoms with Gasteiger partial charge in [0.1, 0.15) is 5.82 Å². The largest absolute Gasteiger partial charge is 0.481 e. The van der Waals surface area contributed by atoms with Crippen molar-refractivity contribution in [1.82, 2.24) is 4.90 Å². The van der Waals surface area contributed by atoms with E-state index in [0.29, 0.717) is 19.6 Å². The maximum Gasteiger partial charge on any atom is 0.306 e. The molecule has 0 aliphatic carbocycles. The van der Waals surface area contributed by atoms with Crippen LogP contribution in [0.5, 0.6) is 0 Å². The molecule has 5 nitrogen and oxygen atoms in total. The number of amides is 1. The molecule has 0 aromatic heterocycles. The lowest BCUT2D eigenvalue weighted by Crippen LogP contribution is -2.47. The molecular formula is C16H20FNO4. The van der Waals surface area contributed by atoms with Gasteiger partial charge in [-0.1, -0.05) is 19.1 Å². The lowest BCUT2D eigenvalue weighted by Gasteiger charge is -2.34. The average Bonchev–Trinajstić information content (AvgIpc) is 2.49. The number of benzene rings is 1. The topological polar surface area (TPSA) is 66.8 Å². The van der Waals surface area contributed by atoms with Gasteiger partial charge in [0.15, 0.2) is 0 Å². The predicted octanol–water partition coefficient (Wildman–Crippen LogP) is 2.02. The Morgan fingerprint density at radius 3 is 2.68 bits per heavy atom. The first-order valence-corrected chi connectivity index (χ1v) is 7.39. The van der Waals surface area contributed by atoms with Gasteiger partial charge in [-0.25, -0.2) is 4.39 Å². The molecule has 0 spiro atoms. The summed E-state index contributed by atoms with van der Waals surface area (Å²) < 4.78 is 18.4. The Morgan fingerprint density at radius 1 is 1.41 bits per heavy atom. The standard InChI is InChI=1S/C16H20FNO4/c1-2-14(11-3-5-12(17)6-4-11)16(21)18-7-8-22-13(10-18)9-15(19)20/h3-6,13-14H,2,7-10H2,1H3,(H,19,20). The minimum atomic E-state index is -0.940. The Bertz CT molecular complexity index is 531. The Morgan fingerprint density at radius 2 is 2.09 bits per heavy atom. The number of carboxylic acids is 1. The first kappa shape index (κ1) is 16.4. The molecule has 1 fully saturated rings. The van der Waals surface area contributed by atoms with Gasteiger partial charge in [0, 0.05) is 13.1 Å². The molecule has 1 aliphatic rings. The highest BCUT2D eigenvalue weighted by Gasteiger charge is 2.30. The second-order valence-corrected chi connectivity index (χ2v) is 5.39. The van der Waals surface area contributed by atoms with Gasteiger partial charge in [0.2, 0.25) is 5.91 Å². The summed E-state index contributed by atoms with van der Waals surface area (Å²) in [4.78, 5) is 25.1. The maximum absolute atomic E-state index is 13.0. The van der Waals surface area contributed by atoms with Crippen LogP contribution in [0.1, 0.15) is 31.2 Å². The van der Waals surface area contributed by atoms with E-state index in [9.17, 15) is 14.0 Å². The lowest BCUT2D eigenvalue weighted by atomic mass is 9.94. The molecule has 1 aromatic carbocycles. The molecule has 2 atom stereocenters. The summed E-state index contributed by atoms with van der Waals surface area (Å²) in [5.41, 5.74) is 0.773. The number of hydrogen-bond donors (Lipinski definition) is 1. The molecule has 6 heteroatoms. The van der Waals surface area contributed by atoms with Crippen LogP contribution in [0.15, 0.2) is 24.3 Å². The third-order valence-corrected chi connectivity index (χ3v) is 3.83. The van der Waals surface area contributed by atoms with Crippen LogP contribution in [0, 0.1) is 5.82 Å². The van der Waals surface area contributed by atoms with Crippen LogP contribution in [-0.4, -0.2) is 47.7 Å². The van der Waals surface area contributed by atoms with Crippen LogP contribution < -0.4 is 0 Å². The third kappa shape index (κ3) is 4.04. The van der Waals surface area contributed by atoms with Crippen LogP contribution in [0.4, 0.5) is 4.39 Å². The number of carboxylic acid groups (broad SMARTS) is 1. The zero-order valence-corrected chi connectivity index (χ0v) is 12.5. The number of rotatable bonds is 5. The second-order valence-electron chi connectivity index (χ2n) is 5.39. The molecule has 1 heterocycles. The van der Waals surface area contributed by atoms with Crippen LogP contribution in [0.25, 0.3) is 0 Å². The normalized spacial score (nSPS) is 19.7. The van der Waals surface area contributed by atoms with Crippen LogP contribution in [0.2, 0.25) is 0 Å². The minimum Gasteiger partial charge on any atom is -0.481 e. The predicted molar refractivity (Wildman–Crippen MR) is 78.0 cm³/mol. The summed E-state index contributed by atoms with van der Waals surface area (Å²) in [5, 5.41) is 8.83. The molecule has 0 radical (unpaired) electrons. The first-order valence-electron chi connectivity index (χ1n) is 7.39. The summed E-state index contributed by atoms with van der Waals surface area (Å²) in [6.45, 7) is 2.97. The van der Waals surface area contributed by atoms with E-state index in [1.165, 1.54) is 12.1 Å². The zero-order chi connectivity index (χ0) is 16.1. The average molecular weight is 309 g/mol. The Hall–Kier alpha value is -1.95. The van der Waals surface area contributed by atoms with E-state index < -0.39 is 12.1 Å². The minimum absolute atomic E-state index is 0.0622. The van der Waals surface area contributed by atoms with Crippen molar-refractivity contribution in [2.45, 2.75) is 31.8 Å². The third-order valence-electron chi connectivity index (χ3n) is 3.83. The highest BCUT2D eigenvalue weighted by atomic mass is 19.1. The smallest absolute Gasteiger partial charge is 0.306 e. The van der Waals surface area contributed by atoms with Gasteiger partial charge < -0.3 is 14.7 Å². The van der Waals surface area contributed by atoms with E-state index in [1.807, 2.05) is 6.92 Å². The lowest BCUT2D eigenvalue weighted by molar-refractivity contribution is -0.148. The molecule has 2 rings (SSSR count). The summed E-state index contributed by atoms with van der Waals surface area (Å²) in [6.07, 6.45) is 0.0173. The number of carbonyl (C=O) groups is 2. The van der Waals surface area contributed by atoms with E-state index in [2.05, 4.69) is 0 Å². The van der Waals surface area contributed by atoms with Crippen molar-refractivity contribution < 1.29 is 23.8 Å². The monoisotopic (exact) mass is 309 g/mol. The van der Waals surface area contributed by atoms with Crippen molar-refractivity contribution in [3.8, 4) is 0 Å². The van der Waals surface area contributed by atoms with E-state index in [-0.39, 0.29) is 30.6 Å². The van der Waals surface area contributed by atoms with Gasteiger partial charge in [-0.3, -0.25) is 9.59 Å². The molecule has 1 saturated heterocycles. The molecule has 120 valence electrons. The molecule has 2 unspecified atom stereocenters. The van der Waals surface area contributed by atoms with Crippen molar-refractivity contribution in [2.75, 3.05) is 19.7 Å². The molecule has 1 amide bonds. The summed E-state index contributed by atoms with van der Waals surface area (Å²) in [5.74, 6) is -1.68. The number of nitrogens with zero attached hydrogens (tertiary/aromatic N) is 1. The van der Waals surface area contributed by atoms with Gasteiger partial charge in [-0.05, 0) is 24.1 Å². The maximum atomic E-state index is 13.0. The summed E-state index contributed by atoms with van der Waals surface area (Å²) >= 11 is 0. The van der Waals surface area contributed by atoms with Crippen molar-refractivity contribution in [1.29, 1.82) is 0 Å². The van der Waals surface area contributed by atoms with Crippen molar-refractivity contribution in [3.63, 3.8) is 0 Å². The van der Waals surface area contributed by atoms with Crippen LogP contribution in [-0.2, 0) is 14.3 Å². The Balaban J connectivity index is 2.07. The summed E-state index contributed by atoms with van der Waals surface area (Å²) in [6, 6.07) is 5.93. The van der Waals surface area contributed by atoms with Gasteiger partial charge >= 0.3 is 5.97 Å². The fourth-order valence-electron chi connectivity index (χ4n) is 2.71. The van der Waals surface area contributed by atoms with E-state index in [1.54, 1.807) is 17.0 Å². The SMILES string of the molecule is CCC(C(=O)N1CCOC(CC(=O)O)C1)c1ccc(F)cc1. The second kappa shape index (κ2) is 7.35. The van der Waals surface area contributed by atoms with Gasteiger partial charge in [0.25, 0.3) is 0 Å². The molecular weight excluding hydrogens is 289 g/mol. The molecule has 0 saturated carbocycles. The van der Waals surface area contributed by atoms with Crippen molar-refractivity contribution >= 4 is 11.9 Å². The van der Waals surface area contributed by atoms with Gasteiger partial charge in [0.05, 0.1) is 25.0 Å². The number of aliphatic carboxylic acids is 1. The molecule has 1 aromatic rings. The van der Waals surface area contributed by atoms with E-state index in [0.717, 1.165) is 5.56 Å². The van der Waals surface area contributed by atoms with Crippen molar-refractivity contribution in [2.24, 2.45) is 0 Å². The Labute approximate surface area is 128 Å². The molecule has 22 heavy (non-hydrogen) atoms. The molecule has 1 N–H and O–H groups in total. The molecule has 0 bridgehead atoms. The van der Waals surface area contributed by atoms with Crippen LogP contribution in [0.3, 0.4) is 0 Å². The number of carbonyl (C=O) groups excluding carboxylic acids is 1. The van der Waals surface area contributed by atoms with Crippen molar-refractivity contribution in [3.05, 3.63) is 35.6 Å². The van der Waals surface area contributed by atoms with E-state index >= 15 is 0 Å². The number of hydrogen-bond acceptors (Lipinski definition) is 3. The fourth-order valence-corrected chi connectivity index (χ4v) is 2.71. The highest BCUT2D eigenvalue weighted by Crippen LogP contribution is 2.24. The van der Waals surface area contributed by atoms with Gasteiger partial charge in [-0.2, -0.15) is 0 Å². The Kier molecular flexibility index (Phi) is 5.49. The zero-order valence-electron chi connectivity index (χ0n) is 12.5. The fraction of sp³-hybridized carbons (Fsp3) is 0.500. The van der Waals surface area contributed by atoms with Gasteiger partial charge in [-0.15, -0.1) is 0 Å². The summed E-state index contributed by atoms with van der Waals surface area (Å²) in [7, 11) is 0. The number of halogens is 1. The number of ether oxygens (including phenoxy) is 1. The highest BCUT2D eigenvalue weighted by molar-refractivity contribution is 5.84. The van der Waals surface area contributed by atoms with E-state index in [4.69, 9.17) is 9.84 Å². The van der Waals surface area contributed by atoms with Crippen LogP contribution >= 0.6 is 0 Å². The number of morpholine rings is 1. The first-order chi connectivity index (χ1) is 10.5. The molecule has 1 aliphatic heterocycles. The quantitative estimate of drug-likeness (QED) is 0.903.